The van der Waals surface area contributed by atoms with Crippen molar-refractivity contribution in [3.8, 4) is 34.0 Å². The number of aromatic amines is 1. The predicted molar refractivity (Wildman–Crippen MR) is 113 cm³/mol. The fourth-order valence-corrected chi connectivity index (χ4v) is 3.34. The Balaban J connectivity index is 1.67. The lowest BCUT2D eigenvalue weighted by Crippen LogP contribution is -1.91. The van der Waals surface area contributed by atoms with Crippen LogP contribution in [0.2, 0.25) is 0 Å². The maximum Gasteiger partial charge on any atom is 0.182 e. The van der Waals surface area contributed by atoms with Gasteiger partial charge in [-0.25, -0.2) is 9.97 Å². The SMILES string of the molecule is Cc1ccc(-c2nc(-c3cc(-c4ccccc4)nc4ccccc34)n[nH]2)cc1. The van der Waals surface area contributed by atoms with Crippen LogP contribution in [-0.4, -0.2) is 20.2 Å². The number of nitrogens with one attached hydrogen (secondary N) is 1. The summed E-state index contributed by atoms with van der Waals surface area (Å²) in [5, 5.41) is 8.63. The van der Waals surface area contributed by atoms with Crippen LogP contribution in [0.5, 0.6) is 0 Å². The molecule has 1 N–H and O–H groups in total. The molecule has 0 amide bonds. The van der Waals surface area contributed by atoms with E-state index < -0.39 is 0 Å². The third-order valence-electron chi connectivity index (χ3n) is 4.84. The zero-order valence-corrected chi connectivity index (χ0v) is 15.4. The molecule has 2 heterocycles. The molecule has 0 aliphatic heterocycles. The van der Waals surface area contributed by atoms with E-state index in [1.54, 1.807) is 0 Å². The normalized spacial score (nSPS) is 11.0. The van der Waals surface area contributed by atoms with Crippen LogP contribution in [0.4, 0.5) is 0 Å². The van der Waals surface area contributed by atoms with Gasteiger partial charge in [-0.3, -0.25) is 5.10 Å². The van der Waals surface area contributed by atoms with Crippen LogP contribution in [0.15, 0.2) is 84.9 Å². The molecule has 0 saturated heterocycles. The summed E-state index contributed by atoms with van der Waals surface area (Å²) in [5.74, 6) is 1.43. The minimum Gasteiger partial charge on any atom is -0.259 e. The lowest BCUT2D eigenvalue weighted by molar-refractivity contribution is 1.10. The summed E-state index contributed by atoms with van der Waals surface area (Å²) >= 11 is 0. The van der Waals surface area contributed by atoms with Crippen molar-refractivity contribution in [3.63, 3.8) is 0 Å². The third kappa shape index (κ3) is 2.95. The van der Waals surface area contributed by atoms with Crippen LogP contribution >= 0.6 is 0 Å². The number of fused-ring (bicyclic) bond motifs is 1. The topological polar surface area (TPSA) is 54.5 Å². The second-order valence-electron chi connectivity index (χ2n) is 6.81. The van der Waals surface area contributed by atoms with Gasteiger partial charge in [0, 0.05) is 22.1 Å². The molecule has 0 aliphatic carbocycles. The van der Waals surface area contributed by atoms with Gasteiger partial charge in [0.2, 0.25) is 0 Å². The average Bonchev–Trinajstić information content (AvgIpc) is 3.24. The summed E-state index contributed by atoms with van der Waals surface area (Å²) in [5.41, 5.74) is 6.13. The highest BCUT2D eigenvalue weighted by atomic mass is 15.2. The Morgan fingerprint density at radius 2 is 1.46 bits per heavy atom. The largest absolute Gasteiger partial charge is 0.259 e. The van der Waals surface area contributed by atoms with Crippen molar-refractivity contribution in [2.75, 3.05) is 0 Å². The lowest BCUT2D eigenvalue weighted by Gasteiger charge is -2.07. The number of hydrogen-bond donors (Lipinski definition) is 1. The molecule has 0 spiro atoms. The van der Waals surface area contributed by atoms with Gasteiger partial charge >= 0.3 is 0 Å². The second kappa shape index (κ2) is 6.74. The predicted octanol–water partition coefficient (Wildman–Crippen LogP) is 5.66. The smallest absolute Gasteiger partial charge is 0.182 e. The fraction of sp³-hybridized carbons (Fsp3) is 0.0417. The molecule has 0 atom stereocenters. The monoisotopic (exact) mass is 362 g/mol. The molecule has 0 fully saturated rings. The van der Waals surface area contributed by atoms with Crippen LogP contribution in [0.3, 0.4) is 0 Å². The number of aromatic nitrogens is 4. The maximum atomic E-state index is 4.84. The van der Waals surface area contributed by atoms with Crippen molar-refractivity contribution in [3.05, 3.63) is 90.5 Å². The van der Waals surface area contributed by atoms with Crippen molar-refractivity contribution < 1.29 is 0 Å². The van der Waals surface area contributed by atoms with E-state index in [2.05, 4.69) is 65.7 Å². The first-order chi connectivity index (χ1) is 13.8. The first kappa shape index (κ1) is 16.4. The van der Waals surface area contributed by atoms with E-state index in [9.17, 15) is 0 Å². The summed E-state index contributed by atoms with van der Waals surface area (Å²) in [7, 11) is 0. The van der Waals surface area contributed by atoms with Crippen LogP contribution in [0, 0.1) is 6.92 Å². The van der Waals surface area contributed by atoms with Gasteiger partial charge in [-0.1, -0.05) is 78.4 Å². The zero-order chi connectivity index (χ0) is 18.9. The molecule has 0 saturated carbocycles. The average molecular weight is 362 g/mol. The highest BCUT2D eigenvalue weighted by molar-refractivity contribution is 5.95. The third-order valence-corrected chi connectivity index (χ3v) is 4.84. The van der Waals surface area contributed by atoms with Gasteiger partial charge in [-0.2, -0.15) is 5.10 Å². The molecule has 4 heteroatoms. The molecule has 0 radical (unpaired) electrons. The van der Waals surface area contributed by atoms with Crippen LogP contribution in [0.1, 0.15) is 5.56 Å². The highest BCUT2D eigenvalue weighted by Gasteiger charge is 2.14. The molecular formula is C24H18N4. The minimum absolute atomic E-state index is 0.673. The van der Waals surface area contributed by atoms with Gasteiger partial charge in [0.1, 0.15) is 0 Å². The number of hydrogen-bond acceptors (Lipinski definition) is 3. The fourth-order valence-electron chi connectivity index (χ4n) is 3.34. The van der Waals surface area contributed by atoms with Crippen molar-refractivity contribution in [1.29, 1.82) is 0 Å². The Labute approximate surface area is 162 Å². The Morgan fingerprint density at radius 1 is 0.714 bits per heavy atom. The van der Waals surface area contributed by atoms with E-state index in [-0.39, 0.29) is 0 Å². The molecule has 0 bridgehead atoms. The van der Waals surface area contributed by atoms with E-state index in [1.165, 1.54) is 5.56 Å². The highest BCUT2D eigenvalue weighted by Crippen LogP contribution is 2.31. The molecular weight excluding hydrogens is 344 g/mol. The number of rotatable bonds is 3. The van der Waals surface area contributed by atoms with Gasteiger partial charge < -0.3 is 0 Å². The molecule has 2 aromatic heterocycles. The van der Waals surface area contributed by atoms with E-state index in [0.29, 0.717) is 5.82 Å². The molecule has 28 heavy (non-hydrogen) atoms. The number of H-pyrrole nitrogens is 1. The van der Waals surface area contributed by atoms with Crippen molar-refractivity contribution in [1.82, 2.24) is 20.2 Å². The Morgan fingerprint density at radius 3 is 2.29 bits per heavy atom. The lowest BCUT2D eigenvalue weighted by atomic mass is 10.0. The Bertz CT molecular complexity index is 1260. The quantitative estimate of drug-likeness (QED) is 0.450. The van der Waals surface area contributed by atoms with Crippen molar-refractivity contribution in [2.24, 2.45) is 0 Å². The van der Waals surface area contributed by atoms with Gasteiger partial charge in [0.05, 0.1) is 11.2 Å². The summed E-state index contributed by atoms with van der Waals surface area (Å²) in [6.07, 6.45) is 0. The number of aryl methyl sites for hydroxylation is 1. The van der Waals surface area contributed by atoms with Crippen LogP contribution < -0.4 is 0 Å². The van der Waals surface area contributed by atoms with Gasteiger partial charge in [-0.15, -0.1) is 0 Å². The zero-order valence-electron chi connectivity index (χ0n) is 15.4. The molecule has 4 nitrogen and oxygen atoms in total. The van der Waals surface area contributed by atoms with Crippen LogP contribution in [0.25, 0.3) is 44.9 Å². The number of benzene rings is 3. The molecule has 0 unspecified atom stereocenters. The Hall–Kier alpha value is -3.79. The van der Waals surface area contributed by atoms with Gasteiger partial charge in [0.15, 0.2) is 11.6 Å². The van der Waals surface area contributed by atoms with Crippen molar-refractivity contribution >= 4 is 10.9 Å². The summed E-state index contributed by atoms with van der Waals surface area (Å²) in [4.78, 5) is 9.61. The number of nitrogens with zero attached hydrogens (tertiary/aromatic N) is 3. The first-order valence-electron chi connectivity index (χ1n) is 9.23. The maximum absolute atomic E-state index is 4.84. The summed E-state index contributed by atoms with van der Waals surface area (Å²) in [6, 6.07) is 28.6. The standard InChI is InChI=1S/C24H18N4/c1-16-11-13-18(14-12-16)23-26-24(28-27-23)20-15-22(17-7-3-2-4-8-17)25-21-10-6-5-9-19(20)21/h2-15H,1H3,(H,26,27,28). The Kier molecular flexibility index (Phi) is 3.95. The van der Waals surface area contributed by atoms with E-state index in [1.807, 2.05) is 36.4 Å². The first-order valence-corrected chi connectivity index (χ1v) is 9.23. The van der Waals surface area contributed by atoms with Gasteiger partial charge in [-0.05, 0) is 19.1 Å². The summed E-state index contributed by atoms with van der Waals surface area (Å²) < 4.78 is 0. The minimum atomic E-state index is 0.673. The van der Waals surface area contributed by atoms with E-state index in [4.69, 9.17) is 9.97 Å². The molecule has 0 aliphatic rings. The number of para-hydroxylation sites is 1. The van der Waals surface area contributed by atoms with Gasteiger partial charge in [0.25, 0.3) is 0 Å². The number of pyridine rings is 1. The van der Waals surface area contributed by atoms with Crippen LogP contribution in [-0.2, 0) is 0 Å². The second-order valence-corrected chi connectivity index (χ2v) is 6.81. The van der Waals surface area contributed by atoms with Crippen molar-refractivity contribution in [2.45, 2.75) is 6.92 Å². The molecule has 5 rings (SSSR count). The molecule has 134 valence electrons. The summed E-state index contributed by atoms with van der Waals surface area (Å²) in [6.45, 7) is 2.07. The molecule has 5 aromatic rings. The molecule has 3 aromatic carbocycles. The van der Waals surface area contributed by atoms with E-state index in [0.717, 1.165) is 39.1 Å². The van der Waals surface area contributed by atoms with E-state index >= 15 is 0 Å².